The topological polar surface area (TPSA) is 67.4 Å². The predicted octanol–water partition coefficient (Wildman–Crippen LogP) is 6.67. The molecule has 3 aromatic carbocycles. The SMILES string of the molecule is Cc1ccccc1/C=N\N=C1\S/C(=C\c2cccc(OCc3ccccc3)c2)C(=O)N1Cc1ccco1. The van der Waals surface area contributed by atoms with E-state index in [0.29, 0.717) is 22.4 Å². The van der Waals surface area contributed by atoms with Gasteiger partial charge in [0.15, 0.2) is 5.17 Å². The van der Waals surface area contributed by atoms with E-state index in [-0.39, 0.29) is 12.5 Å². The Bertz CT molecular complexity index is 1460. The summed E-state index contributed by atoms with van der Waals surface area (Å²) in [5.41, 5.74) is 4.03. The average Bonchev–Trinajstić information content (AvgIpc) is 3.54. The number of thioether (sulfide) groups is 1. The predicted molar refractivity (Wildman–Crippen MR) is 148 cm³/mol. The van der Waals surface area contributed by atoms with Crippen LogP contribution < -0.4 is 4.74 Å². The van der Waals surface area contributed by atoms with Crippen molar-refractivity contribution in [3.8, 4) is 5.75 Å². The van der Waals surface area contributed by atoms with Crippen LogP contribution >= 0.6 is 11.8 Å². The van der Waals surface area contributed by atoms with Crippen LogP contribution in [0.4, 0.5) is 0 Å². The summed E-state index contributed by atoms with van der Waals surface area (Å²) in [6, 6.07) is 29.3. The first kappa shape index (κ1) is 24.3. The van der Waals surface area contributed by atoms with E-state index in [9.17, 15) is 4.79 Å². The molecule has 1 amide bonds. The van der Waals surface area contributed by atoms with E-state index >= 15 is 0 Å². The van der Waals surface area contributed by atoms with Gasteiger partial charge in [-0.1, -0.05) is 66.7 Å². The fourth-order valence-electron chi connectivity index (χ4n) is 3.74. The summed E-state index contributed by atoms with van der Waals surface area (Å²) >= 11 is 1.29. The molecular formula is C30H25N3O3S. The third-order valence-corrected chi connectivity index (χ3v) is 6.71. The highest BCUT2D eigenvalue weighted by Gasteiger charge is 2.34. The summed E-state index contributed by atoms with van der Waals surface area (Å²) in [5.74, 6) is 1.25. The molecule has 1 aliphatic rings. The summed E-state index contributed by atoms with van der Waals surface area (Å²) in [5, 5.41) is 9.16. The first-order valence-electron chi connectivity index (χ1n) is 11.8. The minimum atomic E-state index is -0.151. The van der Waals surface area contributed by atoms with Gasteiger partial charge in [0.2, 0.25) is 0 Å². The molecule has 0 spiro atoms. The van der Waals surface area contributed by atoms with E-state index in [0.717, 1.165) is 28.0 Å². The minimum absolute atomic E-state index is 0.151. The van der Waals surface area contributed by atoms with Gasteiger partial charge >= 0.3 is 0 Å². The van der Waals surface area contributed by atoms with Crippen LogP contribution in [0.5, 0.6) is 5.75 Å². The number of rotatable bonds is 8. The number of carbonyl (C=O) groups is 1. The summed E-state index contributed by atoms with van der Waals surface area (Å²) < 4.78 is 11.4. The van der Waals surface area contributed by atoms with Crippen LogP contribution in [0.25, 0.3) is 6.08 Å². The molecule has 0 saturated carbocycles. The third kappa shape index (κ3) is 6.26. The van der Waals surface area contributed by atoms with Gasteiger partial charge in [0.1, 0.15) is 18.1 Å². The minimum Gasteiger partial charge on any atom is -0.489 e. The number of hydrogen-bond donors (Lipinski definition) is 0. The maximum atomic E-state index is 13.4. The highest BCUT2D eigenvalue weighted by molar-refractivity contribution is 8.18. The van der Waals surface area contributed by atoms with Gasteiger partial charge in [0.25, 0.3) is 5.91 Å². The molecule has 0 radical (unpaired) electrons. The van der Waals surface area contributed by atoms with Crippen molar-refractivity contribution in [2.45, 2.75) is 20.1 Å². The maximum absolute atomic E-state index is 13.4. The van der Waals surface area contributed by atoms with Crippen molar-refractivity contribution >= 4 is 35.1 Å². The molecule has 1 aromatic heterocycles. The molecule has 4 aromatic rings. The number of furan rings is 1. The third-order valence-electron chi connectivity index (χ3n) is 5.71. The normalized spacial score (nSPS) is 15.8. The van der Waals surface area contributed by atoms with Crippen molar-refractivity contribution in [1.82, 2.24) is 4.90 Å². The molecule has 0 bridgehead atoms. The molecule has 0 N–H and O–H groups in total. The lowest BCUT2D eigenvalue weighted by atomic mass is 10.1. The smallest absolute Gasteiger partial charge is 0.267 e. The number of nitrogens with zero attached hydrogens (tertiary/aromatic N) is 3. The van der Waals surface area contributed by atoms with Crippen LogP contribution in [0.15, 0.2) is 117 Å². The molecule has 0 unspecified atom stereocenters. The van der Waals surface area contributed by atoms with Crippen molar-refractivity contribution in [2.75, 3.05) is 0 Å². The fraction of sp³-hybridized carbons (Fsp3) is 0.100. The van der Waals surface area contributed by atoms with Gasteiger partial charge in [0, 0.05) is 0 Å². The van der Waals surface area contributed by atoms with Gasteiger partial charge in [-0.05, 0) is 71.3 Å². The zero-order chi connectivity index (χ0) is 25.5. The van der Waals surface area contributed by atoms with Crippen LogP contribution in [0, 0.1) is 6.92 Å². The Balaban J connectivity index is 1.37. The lowest BCUT2D eigenvalue weighted by Gasteiger charge is -2.12. The van der Waals surface area contributed by atoms with Crippen molar-refractivity contribution in [3.63, 3.8) is 0 Å². The van der Waals surface area contributed by atoms with Crippen molar-refractivity contribution in [1.29, 1.82) is 0 Å². The second-order valence-electron chi connectivity index (χ2n) is 8.41. The van der Waals surface area contributed by atoms with Gasteiger partial charge in [-0.15, -0.1) is 5.10 Å². The molecule has 1 aliphatic heterocycles. The standard InChI is InChI=1S/C30H25N3O3S/c1-22-9-5-6-13-25(22)19-31-32-30-33(20-27-15-8-16-35-27)29(34)28(37-30)18-24-12-7-14-26(17-24)36-21-23-10-3-2-4-11-23/h2-19H,20-21H2,1H3/b28-18-,31-19-,32-30+. The van der Waals surface area contributed by atoms with Crippen LogP contribution in [0.1, 0.15) is 28.0 Å². The number of ether oxygens (including phenoxy) is 1. The zero-order valence-corrected chi connectivity index (χ0v) is 21.1. The number of aryl methyl sites for hydroxylation is 1. The van der Waals surface area contributed by atoms with Crippen molar-refractivity contribution in [3.05, 3.63) is 130 Å². The van der Waals surface area contributed by atoms with Gasteiger partial charge in [-0.3, -0.25) is 9.69 Å². The number of carbonyl (C=O) groups excluding carboxylic acids is 1. The molecule has 184 valence electrons. The Morgan fingerprint density at radius 3 is 2.62 bits per heavy atom. The van der Waals surface area contributed by atoms with E-state index < -0.39 is 0 Å². The molecule has 1 fully saturated rings. The van der Waals surface area contributed by atoms with Crippen LogP contribution in [-0.2, 0) is 17.9 Å². The van der Waals surface area contributed by atoms with Gasteiger partial charge in [0.05, 0.1) is 23.9 Å². The second-order valence-corrected chi connectivity index (χ2v) is 9.42. The lowest BCUT2D eigenvalue weighted by Crippen LogP contribution is -2.28. The first-order valence-corrected chi connectivity index (χ1v) is 12.6. The second kappa shape index (κ2) is 11.6. The van der Waals surface area contributed by atoms with Crippen LogP contribution in [0.3, 0.4) is 0 Å². The molecule has 1 saturated heterocycles. The molecule has 37 heavy (non-hydrogen) atoms. The Labute approximate surface area is 220 Å². The van der Waals surface area contributed by atoms with Crippen molar-refractivity contribution < 1.29 is 13.9 Å². The Morgan fingerprint density at radius 2 is 1.81 bits per heavy atom. The van der Waals surface area contributed by atoms with Crippen LogP contribution in [0.2, 0.25) is 0 Å². The largest absolute Gasteiger partial charge is 0.489 e. The highest BCUT2D eigenvalue weighted by Crippen LogP contribution is 2.34. The molecule has 5 rings (SSSR count). The monoisotopic (exact) mass is 507 g/mol. The molecular weight excluding hydrogens is 482 g/mol. The van der Waals surface area contributed by atoms with Crippen molar-refractivity contribution in [2.24, 2.45) is 10.2 Å². The summed E-state index contributed by atoms with van der Waals surface area (Å²) in [6.45, 7) is 2.76. The number of amides is 1. The Morgan fingerprint density at radius 1 is 0.973 bits per heavy atom. The van der Waals surface area contributed by atoms with Crippen LogP contribution in [-0.4, -0.2) is 22.2 Å². The summed E-state index contributed by atoms with van der Waals surface area (Å²) in [7, 11) is 0. The summed E-state index contributed by atoms with van der Waals surface area (Å²) in [4.78, 5) is 15.5. The first-order chi connectivity index (χ1) is 18.2. The van der Waals surface area contributed by atoms with E-state index in [2.05, 4.69) is 10.2 Å². The Kier molecular flexibility index (Phi) is 7.62. The van der Waals surface area contributed by atoms with E-state index in [1.165, 1.54) is 11.8 Å². The molecule has 7 heteroatoms. The summed E-state index contributed by atoms with van der Waals surface area (Å²) in [6.07, 6.45) is 5.15. The highest BCUT2D eigenvalue weighted by atomic mass is 32.2. The average molecular weight is 508 g/mol. The van der Waals surface area contributed by atoms with E-state index in [1.807, 2.05) is 97.9 Å². The number of amidine groups is 1. The molecule has 0 atom stereocenters. The number of hydrogen-bond acceptors (Lipinski definition) is 6. The zero-order valence-electron chi connectivity index (χ0n) is 20.3. The van der Waals surface area contributed by atoms with E-state index in [1.54, 1.807) is 23.4 Å². The lowest BCUT2D eigenvalue weighted by molar-refractivity contribution is -0.122. The van der Waals surface area contributed by atoms with Gasteiger partial charge < -0.3 is 9.15 Å². The quantitative estimate of drug-likeness (QED) is 0.152. The fourth-order valence-corrected chi connectivity index (χ4v) is 4.67. The van der Waals surface area contributed by atoms with Gasteiger partial charge in [-0.2, -0.15) is 5.10 Å². The number of benzene rings is 3. The molecule has 6 nitrogen and oxygen atoms in total. The maximum Gasteiger partial charge on any atom is 0.267 e. The Hall–Kier alpha value is -4.36. The van der Waals surface area contributed by atoms with Gasteiger partial charge in [-0.25, -0.2) is 0 Å². The van der Waals surface area contributed by atoms with E-state index in [4.69, 9.17) is 9.15 Å². The molecule has 2 heterocycles. The molecule has 0 aliphatic carbocycles.